The third-order valence-electron chi connectivity index (χ3n) is 4.72. The molecule has 0 N–H and O–H groups in total. The minimum atomic E-state index is -0.514. The third kappa shape index (κ3) is 3.85. The number of likely N-dealkylation sites (tertiary alicyclic amines) is 1. The molecule has 0 bridgehead atoms. The number of methoxy groups -OCH3 is 1. The predicted molar refractivity (Wildman–Crippen MR) is 95.6 cm³/mol. The summed E-state index contributed by atoms with van der Waals surface area (Å²) in [4.78, 5) is 37.8. The molecule has 1 heterocycles. The maximum Gasteiger partial charge on any atom is 0.339 e. The highest BCUT2D eigenvalue weighted by Crippen LogP contribution is 2.20. The van der Waals surface area contributed by atoms with E-state index in [-0.39, 0.29) is 24.4 Å². The summed E-state index contributed by atoms with van der Waals surface area (Å²) in [5.74, 6) is -1.16. The summed E-state index contributed by atoms with van der Waals surface area (Å²) in [6, 6.07) is 12.9. The highest BCUT2D eigenvalue weighted by molar-refractivity contribution is 6.04. The van der Waals surface area contributed by atoms with Crippen LogP contribution in [0.5, 0.6) is 0 Å². The predicted octanol–water partition coefficient (Wildman–Crippen LogP) is 2.41. The monoisotopic (exact) mass is 355 g/mol. The van der Waals surface area contributed by atoms with Crippen LogP contribution in [0.1, 0.15) is 23.2 Å². The highest BCUT2D eigenvalue weighted by atomic mass is 16.5. The van der Waals surface area contributed by atoms with Crippen LogP contribution in [0.25, 0.3) is 10.8 Å². The molecule has 6 heteroatoms. The van der Waals surface area contributed by atoms with Gasteiger partial charge in [0.15, 0.2) is 6.61 Å². The van der Waals surface area contributed by atoms with Crippen molar-refractivity contribution in [2.24, 2.45) is 5.92 Å². The fraction of sp³-hybridized carbons (Fsp3) is 0.350. The normalized spacial score (nSPS) is 14.9. The van der Waals surface area contributed by atoms with Gasteiger partial charge in [0.25, 0.3) is 5.91 Å². The summed E-state index contributed by atoms with van der Waals surface area (Å²) < 4.78 is 9.96. The van der Waals surface area contributed by atoms with Crippen LogP contribution >= 0.6 is 0 Å². The zero-order chi connectivity index (χ0) is 18.5. The Kier molecular flexibility index (Phi) is 5.51. The average molecular weight is 355 g/mol. The van der Waals surface area contributed by atoms with Crippen molar-refractivity contribution in [2.45, 2.75) is 12.8 Å². The van der Waals surface area contributed by atoms with Gasteiger partial charge >= 0.3 is 11.9 Å². The second-order valence-corrected chi connectivity index (χ2v) is 6.28. The first-order chi connectivity index (χ1) is 12.6. The van der Waals surface area contributed by atoms with Gasteiger partial charge in [-0.15, -0.1) is 0 Å². The topological polar surface area (TPSA) is 72.9 Å². The molecule has 26 heavy (non-hydrogen) atoms. The quantitative estimate of drug-likeness (QED) is 0.788. The van der Waals surface area contributed by atoms with Crippen molar-refractivity contribution < 1.29 is 23.9 Å². The zero-order valence-corrected chi connectivity index (χ0v) is 14.6. The number of ether oxygens (including phenoxy) is 2. The molecule has 0 radical (unpaired) electrons. The van der Waals surface area contributed by atoms with E-state index in [2.05, 4.69) is 0 Å². The molecule has 2 aromatic rings. The van der Waals surface area contributed by atoms with Gasteiger partial charge in [-0.25, -0.2) is 4.79 Å². The van der Waals surface area contributed by atoms with Crippen molar-refractivity contribution in [3.05, 3.63) is 48.0 Å². The van der Waals surface area contributed by atoms with E-state index in [4.69, 9.17) is 9.47 Å². The van der Waals surface area contributed by atoms with E-state index in [0.29, 0.717) is 31.5 Å². The lowest BCUT2D eigenvalue weighted by molar-refractivity contribution is -0.149. The van der Waals surface area contributed by atoms with Crippen molar-refractivity contribution in [3.63, 3.8) is 0 Å². The second-order valence-electron chi connectivity index (χ2n) is 6.28. The smallest absolute Gasteiger partial charge is 0.339 e. The molecule has 136 valence electrons. The van der Waals surface area contributed by atoms with Crippen LogP contribution in [0.4, 0.5) is 0 Å². The Morgan fingerprint density at radius 3 is 2.46 bits per heavy atom. The molecule has 3 rings (SSSR count). The van der Waals surface area contributed by atoms with Gasteiger partial charge in [-0.3, -0.25) is 9.59 Å². The van der Waals surface area contributed by atoms with Gasteiger partial charge in [-0.05, 0) is 29.7 Å². The van der Waals surface area contributed by atoms with Gasteiger partial charge in [0.2, 0.25) is 0 Å². The minimum Gasteiger partial charge on any atom is -0.469 e. The van der Waals surface area contributed by atoms with Gasteiger partial charge in [-0.2, -0.15) is 0 Å². The number of piperidine rings is 1. The fourth-order valence-corrected chi connectivity index (χ4v) is 3.23. The Hall–Kier alpha value is -2.89. The fourth-order valence-electron chi connectivity index (χ4n) is 3.23. The highest BCUT2D eigenvalue weighted by Gasteiger charge is 2.28. The molecule has 6 nitrogen and oxygen atoms in total. The number of rotatable bonds is 4. The molecule has 1 amide bonds. The second kappa shape index (κ2) is 7.99. The number of esters is 2. The molecule has 1 aliphatic rings. The van der Waals surface area contributed by atoms with Crippen molar-refractivity contribution in [1.82, 2.24) is 4.90 Å². The van der Waals surface area contributed by atoms with Gasteiger partial charge in [0, 0.05) is 13.1 Å². The van der Waals surface area contributed by atoms with Crippen LogP contribution in [0.15, 0.2) is 42.5 Å². The number of hydrogen-bond acceptors (Lipinski definition) is 5. The Bertz CT molecular complexity index is 819. The van der Waals surface area contributed by atoms with E-state index in [1.54, 1.807) is 17.0 Å². The number of amides is 1. The number of hydrogen-bond donors (Lipinski definition) is 0. The summed E-state index contributed by atoms with van der Waals surface area (Å²) in [6.07, 6.45) is 1.13. The van der Waals surface area contributed by atoms with E-state index in [9.17, 15) is 14.4 Å². The molecule has 0 atom stereocenters. The number of fused-ring (bicyclic) bond motifs is 1. The van der Waals surface area contributed by atoms with E-state index in [0.717, 1.165) is 10.8 Å². The number of nitrogens with zero attached hydrogens (tertiary/aromatic N) is 1. The van der Waals surface area contributed by atoms with Crippen LogP contribution in [0.3, 0.4) is 0 Å². The van der Waals surface area contributed by atoms with Crippen molar-refractivity contribution in [1.29, 1.82) is 0 Å². The standard InChI is InChI=1S/C20H21NO5/c1-25-19(23)15-9-11-21(12-10-15)18(22)13-26-20(24)17-8-4-6-14-5-2-3-7-16(14)17/h2-8,15H,9-13H2,1H3. The summed E-state index contributed by atoms with van der Waals surface area (Å²) >= 11 is 0. The molecule has 1 saturated heterocycles. The average Bonchev–Trinajstić information content (AvgIpc) is 2.70. The molecule has 2 aromatic carbocycles. The Balaban J connectivity index is 1.56. The van der Waals surface area contributed by atoms with E-state index in [1.807, 2.05) is 30.3 Å². The molecule has 0 unspecified atom stereocenters. The molecular weight excluding hydrogens is 334 g/mol. The van der Waals surface area contributed by atoms with Crippen molar-refractivity contribution in [3.8, 4) is 0 Å². The molecule has 1 fully saturated rings. The lowest BCUT2D eigenvalue weighted by Gasteiger charge is -2.30. The Morgan fingerprint density at radius 1 is 1.04 bits per heavy atom. The van der Waals surface area contributed by atoms with Gasteiger partial charge < -0.3 is 14.4 Å². The lowest BCUT2D eigenvalue weighted by Crippen LogP contribution is -2.42. The molecule has 0 aromatic heterocycles. The number of carbonyl (C=O) groups is 3. The van der Waals surface area contributed by atoms with Crippen LogP contribution in [-0.2, 0) is 19.1 Å². The zero-order valence-electron chi connectivity index (χ0n) is 14.6. The van der Waals surface area contributed by atoms with E-state index < -0.39 is 5.97 Å². The van der Waals surface area contributed by atoms with E-state index >= 15 is 0 Å². The number of benzene rings is 2. The van der Waals surface area contributed by atoms with Gasteiger partial charge in [0.05, 0.1) is 18.6 Å². The summed E-state index contributed by atoms with van der Waals surface area (Å²) in [5, 5.41) is 1.74. The van der Waals surface area contributed by atoms with Gasteiger partial charge in [0.1, 0.15) is 0 Å². The molecule has 0 saturated carbocycles. The van der Waals surface area contributed by atoms with Crippen LogP contribution in [-0.4, -0.2) is 49.6 Å². The minimum absolute atomic E-state index is 0.165. The largest absolute Gasteiger partial charge is 0.469 e. The van der Waals surface area contributed by atoms with Crippen LogP contribution in [0, 0.1) is 5.92 Å². The Morgan fingerprint density at radius 2 is 1.73 bits per heavy atom. The van der Waals surface area contributed by atoms with Crippen molar-refractivity contribution >= 4 is 28.6 Å². The van der Waals surface area contributed by atoms with Crippen LogP contribution < -0.4 is 0 Å². The molecule has 1 aliphatic heterocycles. The first kappa shape index (κ1) is 17.9. The molecular formula is C20H21NO5. The van der Waals surface area contributed by atoms with Crippen LogP contribution in [0.2, 0.25) is 0 Å². The SMILES string of the molecule is COC(=O)C1CCN(C(=O)COC(=O)c2cccc3ccccc23)CC1. The lowest BCUT2D eigenvalue weighted by atomic mass is 9.97. The van der Waals surface area contributed by atoms with Gasteiger partial charge in [-0.1, -0.05) is 36.4 Å². The third-order valence-corrected chi connectivity index (χ3v) is 4.72. The molecule has 0 aliphatic carbocycles. The summed E-state index contributed by atoms with van der Waals surface area (Å²) in [7, 11) is 1.37. The summed E-state index contributed by atoms with van der Waals surface area (Å²) in [5.41, 5.74) is 0.445. The Labute approximate surface area is 151 Å². The molecule has 0 spiro atoms. The first-order valence-electron chi connectivity index (χ1n) is 8.60. The maximum atomic E-state index is 12.4. The van der Waals surface area contributed by atoms with Crippen molar-refractivity contribution in [2.75, 3.05) is 26.8 Å². The summed E-state index contributed by atoms with van der Waals surface area (Å²) in [6.45, 7) is 0.625. The van der Waals surface area contributed by atoms with E-state index in [1.165, 1.54) is 7.11 Å². The first-order valence-corrected chi connectivity index (χ1v) is 8.60. The maximum absolute atomic E-state index is 12.4. The number of carbonyl (C=O) groups excluding carboxylic acids is 3.